The number of nitrogens with zero attached hydrogens (tertiary/aromatic N) is 1. The molecule has 0 spiro atoms. The van der Waals surface area contributed by atoms with Crippen LogP contribution >= 0.6 is 0 Å². The Bertz CT molecular complexity index is 115. The van der Waals surface area contributed by atoms with Crippen molar-refractivity contribution in [3.63, 3.8) is 0 Å². The van der Waals surface area contributed by atoms with Gasteiger partial charge in [-0.2, -0.15) is 0 Å². The van der Waals surface area contributed by atoms with Crippen LogP contribution in [-0.4, -0.2) is 36.1 Å². The van der Waals surface area contributed by atoms with Gasteiger partial charge in [0.1, 0.15) is 0 Å². The Balaban J connectivity index is 3.47. The van der Waals surface area contributed by atoms with Crippen LogP contribution in [0, 0.1) is 0 Å². The van der Waals surface area contributed by atoms with Crippen molar-refractivity contribution in [2.24, 2.45) is 0 Å². The van der Waals surface area contributed by atoms with E-state index in [2.05, 4.69) is 6.92 Å². The Hall–Kier alpha value is -0.570. The molecule has 0 unspecified atom stereocenters. The van der Waals surface area contributed by atoms with Crippen LogP contribution in [0.1, 0.15) is 26.2 Å². The van der Waals surface area contributed by atoms with Crippen LogP contribution in [0.2, 0.25) is 0 Å². The van der Waals surface area contributed by atoms with E-state index in [4.69, 9.17) is 5.11 Å². The van der Waals surface area contributed by atoms with Gasteiger partial charge in [0.2, 0.25) is 5.91 Å². The van der Waals surface area contributed by atoms with Crippen molar-refractivity contribution < 1.29 is 9.90 Å². The summed E-state index contributed by atoms with van der Waals surface area (Å²) in [6.07, 6.45) is 2.58. The molecule has 0 saturated carbocycles. The van der Waals surface area contributed by atoms with Gasteiger partial charge in [-0.3, -0.25) is 4.79 Å². The van der Waals surface area contributed by atoms with Gasteiger partial charge in [-0.05, 0) is 6.42 Å². The predicted molar refractivity (Wildman–Crippen MR) is 44.2 cm³/mol. The molecule has 0 heterocycles. The SMILES string of the molecule is CCCCC(=O)N(C)CCO. The van der Waals surface area contributed by atoms with Crippen LogP contribution in [0.15, 0.2) is 0 Å². The van der Waals surface area contributed by atoms with Gasteiger partial charge in [-0.1, -0.05) is 13.3 Å². The molecule has 0 saturated heterocycles. The van der Waals surface area contributed by atoms with E-state index >= 15 is 0 Å². The molecule has 1 amide bonds. The molecule has 0 aliphatic heterocycles. The van der Waals surface area contributed by atoms with Crippen molar-refractivity contribution in [1.82, 2.24) is 4.90 Å². The molecule has 0 aromatic heterocycles. The van der Waals surface area contributed by atoms with Crippen LogP contribution in [0.4, 0.5) is 0 Å². The first-order chi connectivity index (χ1) is 5.22. The van der Waals surface area contributed by atoms with E-state index in [0.717, 1.165) is 12.8 Å². The van der Waals surface area contributed by atoms with E-state index in [9.17, 15) is 4.79 Å². The summed E-state index contributed by atoms with van der Waals surface area (Å²) in [4.78, 5) is 12.7. The third kappa shape index (κ3) is 4.79. The molecule has 0 fully saturated rings. The monoisotopic (exact) mass is 159 g/mol. The quantitative estimate of drug-likeness (QED) is 0.639. The summed E-state index contributed by atoms with van der Waals surface area (Å²) in [6, 6.07) is 0. The second-order valence-corrected chi connectivity index (χ2v) is 2.64. The molecule has 0 aromatic carbocycles. The number of aliphatic hydroxyl groups is 1. The van der Waals surface area contributed by atoms with Crippen LogP contribution in [0.25, 0.3) is 0 Å². The molecule has 0 rings (SSSR count). The Kier molecular flexibility index (Phi) is 5.84. The smallest absolute Gasteiger partial charge is 0.222 e. The van der Waals surface area contributed by atoms with Gasteiger partial charge in [0.05, 0.1) is 6.61 Å². The van der Waals surface area contributed by atoms with Gasteiger partial charge in [0.25, 0.3) is 0 Å². The molecule has 0 aromatic rings. The molecule has 11 heavy (non-hydrogen) atoms. The summed E-state index contributed by atoms with van der Waals surface area (Å²) >= 11 is 0. The normalized spacial score (nSPS) is 9.73. The standard InChI is InChI=1S/C8H17NO2/c1-3-4-5-8(11)9(2)6-7-10/h10H,3-7H2,1-2H3. The van der Waals surface area contributed by atoms with Gasteiger partial charge in [0.15, 0.2) is 0 Å². The lowest BCUT2D eigenvalue weighted by molar-refractivity contribution is -0.130. The maximum Gasteiger partial charge on any atom is 0.222 e. The first-order valence-corrected chi connectivity index (χ1v) is 4.07. The molecule has 1 N–H and O–H groups in total. The van der Waals surface area contributed by atoms with Gasteiger partial charge < -0.3 is 10.0 Å². The Morgan fingerprint density at radius 1 is 1.55 bits per heavy atom. The van der Waals surface area contributed by atoms with Crippen LogP contribution < -0.4 is 0 Å². The number of hydrogen-bond acceptors (Lipinski definition) is 2. The number of aliphatic hydroxyl groups excluding tert-OH is 1. The molecular weight excluding hydrogens is 142 g/mol. The molecule has 0 aliphatic rings. The van der Waals surface area contributed by atoms with Crippen molar-refractivity contribution in [2.75, 3.05) is 20.2 Å². The van der Waals surface area contributed by atoms with Crippen LogP contribution in [0.5, 0.6) is 0 Å². The van der Waals surface area contributed by atoms with E-state index in [1.807, 2.05) is 0 Å². The predicted octanol–water partition coefficient (Wildman–Crippen LogP) is 0.627. The summed E-state index contributed by atoms with van der Waals surface area (Å²) in [5.41, 5.74) is 0. The van der Waals surface area contributed by atoms with Gasteiger partial charge in [-0.25, -0.2) is 0 Å². The summed E-state index contributed by atoms with van der Waals surface area (Å²) in [6.45, 7) is 2.55. The number of likely N-dealkylation sites (N-methyl/N-ethyl adjacent to an activating group) is 1. The fraction of sp³-hybridized carbons (Fsp3) is 0.875. The average molecular weight is 159 g/mol. The van der Waals surface area contributed by atoms with Crippen molar-refractivity contribution >= 4 is 5.91 Å². The molecule has 0 aliphatic carbocycles. The zero-order chi connectivity index (χ0) is 8.69. The molecule has 0 radical (unpaired) electrons. The summed E-state index contributed by atoms with van der Waals surface area (Å²) < 4.78 is 0. The molecule has 0 atom stereocenters. The second-order valence-electron chi connectivity index (χ2n) is 2.64. The lowest BCUT2D eigenvalue weighted by Gasteiger charge is -2.14. The van der Waals surface area contributed by atoms with E-state index < -0.39 is 0 Å². The third-order valence-electron chi connectivity index (χ3n) is 1.61. The van der Waals surface area contributed by atoms with E-state index in [-0.39, 0.29) is 12.5 Å². The minimum absolute atomic E-state index is 0.0500. The number of hydrogen-bond donors (Lipinski definition) is 1. The highest BCUT2D eigenvalue weighted by molar-refractivity contribution is 5.75. The fourth-order valence-corrected chi connectivity index (χ4v) is 0.794. The van der Waals surface area contributed by atoms with Crippen molar-refractivity contribution in [3.05, 3.63) is 0 Å². The maximum atomic E-state index is 11.1. The van der Waals surface area contributed by atoms with Crippen molar-refractivity contribution in [1.29, 1.82) is 0 Å². The largest absolute Gasteiger partial charge is 0.395 e. The third-order valence-corrected chi connectivity index (χ3v) is 1.61. The number of carbonyl (C=O) groups excluding carboxylic acids is 1. The lowest BCUT2D eigenvalue weighted by Crippen LogP contribution is -2.29. The number of carbonyl (C=O) groups is 1. The number of amides is 1. The summed E-state index contributed by atoms with van der Waals surface area (Å²) in [7, 11) is 1.72. The Morgan fingerprint density at radius 2 is 2.18 bits per heavy atom. The molecular formula is C8H17NO2. The highest BCUT2D eigenvalue weighted by atomic mass is 16.3. The van der Waals surface area contributed by atoms with E-state index in [1.54, 1.807) is 11.9 Å². The first kappa shape index (κ1) is 10.4. The topological polar surface area (TPSA) is 40.5 Å². The van der Waals surface area contributed by atoms with Crippen molar-refractivity contribution in [3.8, 4) is 0 Å². The minimum Gasteiger partial charge on any atom is -0.395 e. The highest BCUT2D eigenvalue weighted by Gasteiger charge is 2.05. The van der Waals surface area contributed by atoms with Crippen LogP contribution in [-0.2, 0) is 4.79 Å². The number of rotatable bonds is 5. The zero-order valence-corrected chi connectivity index (χ0v) is 7.34. The molecule has 3 heteroatoms. The number of unbranched alkanes of at least 4 members (excludes halogenated alkanes) is 1. The van der Waals surface area contributed by atoms with Crippen molar-refractivity contribution in [2.45, 2.75) is 26.2 Å². The van der Waals surface area contributed by atoms with Gasteiger partial charge in [0, 0.05) is 20.0 Å². The second kappa shape index (κ2) is 6.16. The lowest BCUT2D eigenvalue weighted by atomic mass is 10.2. The first-order valence-electron chi connectivity index (χ1n) is 4.07. The Morgan fingerprint density at radius 3 is 2.64 bits per heavy atom. The van der Waals surface area contributed by atoms with E-state index in [1.165, 1.54) is 0 Å². The average Bonchev–Trinajstić information content (AvgIpc) is 2.00. The maximum absolute atomic E-state index is 11.1. The van der Waals surface area contributed by atoms with Gasteiger partial charge in [-0.15, -0.1) is 0 Å². The van der Waals surface area contributed by atoms with Crippen LogP contribution in [0.3, 0.4) is 0 Å². The fourth-order valence-electron chi connectivity index (χ4n) is 0.794. The summed E-state index contributed by atoms with van der Waals surface area (Å²) in [5, 5.41) is 8.52. The Labute approximate surface area is 68.0 Å². The minimum atomic E-state index is 0.0500. The summed E-state index contributed by atoms with van der Waals surface area (Å²) in [5.74, 6) is 0.126. The molecule has 66 valence electrons. The van der Waals surface area contributed by atoms with Gasteiger partial charge >= 0.3 is 0 Å². The molecule has 0 bridgehead atoms. The highest BCUT2D eigenvalue weighted by Crippen LogP contribution is 1.97. The van der Waals surface area contributed by atoms with E-state index in [0.29, 0.717) is 13.0 Å². The molecule has 3 nitrogen and oxygen atoms in total. The zero-order valence-electron chi connectivity index (χ0n) is 7.34.